The van der Waals surface area contributed by atoms with Gasteiger partial charge in [-0.25, -0.2) is 0 Å². The summed E-state index contributed by atoms with van der Waals surface area (Å²) in [6.45, 7) is 6.33. The standard InChI is InChI=1S/C23H43NO5/c1-4-6-8-10-12-21(26)18-24(16-17-25,15-14-20(3)23(28)29)19-22(27)13-11-9-7-5-2/h18-20,25H,4-17H2,1-3H3,(H2-,26,27,28,29)/b21-18-,22-19-. The topological polar surface area (TPSA) is 101 Å². The molecule has 0 aromatic rings. The molecular weight excluding hydrogens is 370 g/mol. The summed E-state index contributed by atoms with van der Waals surface area (Å²) in [6, 6.07) is 0. The highest BCUT2D eigenvalue weighted by Gasteiger charge is 2.26. The molecule has 29 heavy (non-hydrogen) atoms. The highest BCUT2D eigenvalue weighted by Crippen LogP contribution is 2.21. The van der Waals surface area contributed by atoms with Crippen LogP contribution >= 0.6 is 0 Å². The number of quaternary nitrogens is 1. The number of aliphatic hydroxyl groups is 3. The number of carbonyl (C=O) groups is 1. The van der Waals surface area contributed by atoms with E-state index in [4.69, 9.17) is 0 Å². The molecule has 0 bridgehead atoms. The van der Waals surface area contributed by atoms with Gasteiger partial charge in [-0.1, -0.05) is 59.3 Å². The molecule has 0 rings (SSSR count). The number of carboxylic acid groups (broad SMARTS) is 1. The van der Waals surface area contributed by atoms with E-state index in [9.17, 15) is 25.2 Å². The summed E-state index contributed by atoms with van der Waals surface area (Å²) >= 11 is 0. The van der Waals surface area contributed by atoms with Crippen molar-refractivity contribution in [2.75, 3.05) is 19.7 Å². The van der Waals surface area contributed by atoms with Crippen LogP contribution in [-0.4, -0.2) is 45.5 Å². The molecule has 6 nitrogen and oxygen atoms in total. The number of aliphatic carboxylic acids is 1. The molecule has 0 saturated carbocycles. The number of hydrogen-bond acceptors (Lipinski definition) is 5. The highest BCUT2D eigenvalue weighted by molar-refractivity contribution is 5.66. The van der Waals surface area contributed by atoms with Crippen molar-refractivity contribution < 1.29 is 29.7 Å². The Bertz CT molecular complexity index is 473. The number of allylic oxidation sites excluding steroid dienone is 2. The van der Waals surface area contributed by atoms with Crippen LogP contribution in [0.25, 0.3) is 0 Å². The Balaban J connectivity index is 5.42. The second kappa shape index (κ2) is 16.3. The summed E-state index contributed by atoms with van der Waals surface area (Å²) in [5.74, 6) is -1.34. The van der Waals surface area contributed by atoms with Gasteiger partial charge in [0, 0.05) is 31.1 Å². The van der Waals surface area contributed by atoms with Crippen molar-refractivity contribution in [3.05, 3.63) is 23.9 Å². The fourth-order valence-electron chi connectivity index (χ4n) is 3.33. The lowest BCUT2D eigenvalue weighted by Crippen LogP contribution is -2.43. The predicted molar refractivity (Wildman–Crippen MR) is 115 cm³/mol. The number of rotatable bonds is 18. The zero-order valence-corrected chi connectivity index (χ0v) is 18.7. The Morgan fingerprint density at radius 1 is 0.897 bits per heavy atom. The van der Waals surface area contributed by atoms with Crippen molar-refractivity contribution in [3.63, 3.8) is 0 Å². The molecule has 0 radical (unpaired) electrons. The quantitative estimate of drug-likeness (QED) is 0.177. The third-order valence-corrected chi connectivity index (χ3v) is 5.28. The van der Waals surface area contributed by atoms with E-state index in [-0.39, 0.29) is 29.2 Å². The van der Waals surface area contributed by atoms with Crippen LogP contribution in [0.4, 0.5) is 0 Å². The molecule has 0 aliphatic rings. The number of carboxylic acids is 1. The van der Waals surface area contributed by atoms with Crippen LogP contribution in [0.3, 0.4) is 0 Å². The Morgan fingerprint density at radius 3 is 1.76 bits per heavy atom. The summed E-state index contributed by atoms with van der Waals surface area (Å²) < 4.78 is 0.0351. The Kier molecular flexibility index (Phi) is 15.4. The minimum Gasteiger partial charge on any atom is -0.550 e. The van der Waals surface area contributed by atoms with Crippen molar-refractivity contribution in [3.8, 4) is 0 Å². The summed E-state index contributed by atoms with van der Waals surface area (Å²) in [4.78, 5) is 11.1. The summed E-state index contributed by atoms with van der Waals surface area (Å²) in [7, 11) is 0. The number of carbonyl (C=O) groups excluding carboxylic acids is 1. The van der Waals surface area contributed by atoms with Crippen LogP contribution in [0.15, 0.2) is 23.9 Å². The second-order valence-corrected chi connectivity index (χ2v) is 8.14. The predicted octanol–water partition coefficient (Wildman–Crippen LogP) is 4.31. The van der Waals surface area contributed by atoms with Crippen LogP contribution < -0.4 is 5.11 Å². The smallest absolute Gasteiger partial charge is 0.146 e. The van der Waals surface area contributed by atoms with E-state index >= 15 is 0 Å². The van der Waals surface area contributed by atoms with Crippen molar-refractivity contribution in [2.45, 2.75) is 91.4 Å². The van der Waals surface area contributed by atoms with Crippen LogP contribution in [0.5, 0.6) is 0 Å². The normalized spacial score (nSPS) is 15.9. The molecule has 0 heterocycles. The van der Waals surface area contributed by atoms with Crippen molar-refractivity contribution in [1.29, 1.82) is 0 Å². The van der Waals surface area contributed by atoms with Gasteiger partial charge in [0.2, 0.25) is 0 Å². The number of nitrogens with zero attached hydrogens (tertiary/aromatic N) is 1. The van der Waals surface area contributed by atoms with Crippen LogP contribution in [0.1, 0.15) is 91.4 Å². The van der Waals surface area contributed by atoms with Gasteiger partial charge in [0.25, 0.3) is 0 Å². The Labute approximate surface area is 177 Å². The third kappa shape index (κ3) is 13.3. The lowest BCUT2D eigenvalue weighted by atomic mass is 10.1. The van der Waals surface area contributed by atoms with Gasteiger partial charge in [-0.2, -0.15) is 0 Å². The largest absolute Gasteiger partial charge is 0.550 e. The average molecular weight is 414 g/mol. The van der Waals surface area contributed by atoms with Gasteiger partial charge in [0.1, 0.15) is 30.5 Å². The Hall–Kier alpha value is -1.53. The maximum Gasteiger partial charge on any atom is 0.146 e. The Morgan fingerprint density at radius 2 is 1.38 bits per heavy atom. The molecule has 0 amide bonds. The average Bonchev–Trinajstić information content (AvgIpc) is 2.67. The van der Waals surface area contributed by atoms with Crippen LogP contribution in [0.2, 0.25) is 0 Å². The molecular formula is C23H43NO5. The van der Waals surface area contributed by atoms with E-state index in [0.717, 1.165) is 51.4 Å². The molecule has 6 heteroatoms. The van der Waals surface area contributed by atoms with Crippen LogP contribution in [-0.2, 0) is 4.79 Å². The third-order valence-electron chi connectivity index (χ3n) is 5.28. The minimum atomic E-state index is -1.12. The maximum atomic E-state index is 11.1. The molecule has 0 fully saturated rings. The molecule has 1 atom stereocenters. The van der Waals surface area contributed by atoms with E-state index in [2.05, 4.69) is 13.8 Å². The van der Waals surface area contributed by atoms with Gasteiger partial charge >= 0.3 is 0 Å². The second-order valence-electron chi connectivity index (χ2n) is 8.14. The lowest BCUT2D eigenvalue weighted by Gasteiger charge is -2.32. The summed E-state index contributed by atoms with van der Waals surface area (Å²) in [5, 5.41) is 41.7. The molecule has 1 unspecified atom stereocenters. The van der Waals surface area contributed by atoms with E-state index in [1.54, 1.807) is 19.3 Å². The summed E-state index contributed by atoms with van der Waals surface area (Å²) in [5.41, 5.74) is 0. The number of hydrogen-bond donors (Lipinski definition) is 3. The first kappa shape index (κ1) is 27.5. The van der Waals surface area contributed by atoms with Crippen molar-refractivity contribution >= 4 is 5.97 Å². The van der Waals surface area contributed by atoms with Gasteiger partial charge in [0.15, 0.2) is 0 Å². The molecule has 0 aliphatic carbocycles. The molecule has 170 valence electrons. The van der Waals surface area contributed by atoms with Gasteiger partial charge in [0.05, 0.1) is 13.2 Å². The molecule has 0 spiro atoms. The lowest BCUT2D eigenvalue weighted by molar-refractivity contribution is -0.831. The minimum absolute atomic E-state index is 0.0351. The van der Waals surface area contributed by atoms with E-state index < -0.39 is 11.9 Å². The van der Waals surface area contributed by atoms with Gasteiger partial charge in [-0.3, -0.25) is 4.48 Å². The fraction of sp³-hybridized carbons (Fsp3) is 0.783. The highest BCUT2D eigenvalue weighted by atomic mass is 16.4. The maximum absolute atomic E-state index is 11.1. The molecule has 0 aromatic heterocycles. The zero-order chi connectivity index (χ0) is 22.1. The molecule has 0 saturated heterocycles. The fourth-order valence-corrected chi connectivity index (χ4v) is 3.33. The van der Waals surface area contributed by atoms with Crippen LogP contribution in [0, 0.1) is 5.92 Å². The first-order valence-electron chi connectivity index (χ1n) is 11.3. The number of unbranched alkanes of at least 4 members (excludes halogenated alkanes) is 6. The van der Waals surface area contributed by atoms with Gasteiger partial charge in [-0.15, -0.1) is 0 Å². The molecule has 3 N–H and O–H groups in total. The monoisotopic (exact) mass is 413 g/mol. The van der Waals surface area contributed by atoms with Gasteiger partial charge < -0.3 is 25.2 Å². The molecule has 0 aromatic carbocycles. The SMILES string of the molecule is CCCCCC/C(O)=C/[N+](/C=C(\O)CCCCCC)(CCO)CCC(C)C(=O)[O-]. The molecule has 0 aliphatic heterocycles. The van der Waals surface area contributed by atoms with E-state index in [1.807, 2.05) is 0 Å². The van der Waals surface area contributed by atoms with E-state index in [0.29, 0.717) is 25.8 Å². The van der Waals surface area contributed by atoms with Crippen molar-refractivity contribution in [2.24, 2.45) is 5.92 Å². The van der Waals surface area contributed by atoms with E-state index in [1.165, 1.54) is 0 Å². The van der Waals surface area contributed by atoms with Gasteiger partial charge in [-0.05, 0) is 12.8 Å². The number of aliphatic hydroxyl groups excluding tert-OH is 3. The van der Waals surface area contributed by atoms with Crippen molar-refractivity contribution in [1.82, 2.24) is 0 Å². The zero-order valence-electron chi connectivity index (χ0n) is 18.7. The first-order valence-corrected chi connectivity index (χ1v) is 11.3. The first-order chi connectivity index (χ1) is 13.8. The summed E-state index contributed by atoms with van der Waals surface area (Å²) in [6.07, 6.45) is 13.0.